The number of likely N-dealkylation sites (tertiary alicyclic amines) is 2. The Morgan fingerprint density at radius 2 is 1.57 bits per heavy atom. The molecule has 2 aromatic carbocycles. The second-order valence-electron chi connectivity index (χ2n) is 8.47. The highest BCUT2D eigenvalue weighted by atomic mass is 16.5. The van der Waals surface area contributed by atoms with Crippen LogP contribution in [0.25, 0.3) is 0 Å². The van der Waals surface area contributed by atoms with Gasteiger partial charge in [0.1, 0.15) is 5.75 Å². The third-order valence-electron chi connectivity index (χ3n) is 6.03. The van der Waals surface area contributed by atoms with Gasteiger partial charge in [0.25, 0.3) is 11.8 Å². The van der Waals surface area contributed by atoms with Crippen molar-refractivity contribution in [3.05, 3.63) is 65.2 Å². The minimum atomic E-state index is 0.0885. The van der Waals surface area contributed by atoms with Gasteiger partial charge in [-0.25, -0.2) is 0 Å². The zero-order valence-electron chi connectivity index (χ0n) is 17.7. The van der Waals surface area contributed by atoms with Gasteiger partial charge < -0.3 is 14.5 Å². The first kappa shape index (κ1) is 20.5. The van der Waals surface area contributed by atoms with Crippen LogP contribution in [0.1, 0.15) is 52.0 Å². The van der Waals surface area contributed by atoms with E-state index in [9.17, 15) is 9.59 Å². The van der Waals surface area contributed by atoms with E-state index < -0.39 is 0 Å². The monoisotopic (exact) mass is 406 g/mol. The van der Waals surface area contributed by atoms with E-state index in [0.29, 0.717) is 24.6 Å². The van der Waals surface area contributed by atoms with Gasteiger partial charge >= 0.3 is 0 Å². The van der Waals surface area contributed by atoms with Crippen molar-refractivity contribution in [2.24, 2.45) is 5.92 Å². The number of hydrogen-bond donors (Lipinski definition) is 0. The second-order valence-corrected chi connectivity index (χ2v) is 8.47. The van der Waals surface area contributed by atoms with Crippen molar-refractivity contribution < 1.29 is 14.3 Å². The van der Waals surface area contributed by atoms with E-state index in [0.717, 1.165) is 62.2 Å². The molecule has 1 atom stereocenters. The van der Waals surface area contributed by atoms with Crippen molar-refractivity contribution in [2.75, 3.05) is 32.8 Å². The van der Waals surface area contributed by atoms with E-state index in [1.54, 1.807) is 0 Å². The Kier molecular flexibility index (Phi) is 6.36. The zero-order chi connectivity index (χ0) is 20.9. The van der Waals surface area contributed by atoms with Crippen molar-refractivity contribution in [1.82, 2.24) is 9.80 Å². The van der Waals surface area contributed by atoms with Gasteiger partial charge in [-0.05, 0) is 62.9 Å². The molecule has 0 bridgehead atoms. The molecule has 1 unspecified atom stereocenters. The summed E-state index contributed by atoms with van der Waals surface area (Å²) in [6.07, 6.45) is 4.20. The van der Waals surface area contributed by atoms with Crippen molar-refractivity contribution >= 4 is 11.8 Å². The Labute approximate surface area is 178 Å². The Morgan fingerprint density at radius 1 is 0.900 bits per heavy atom. The van der Waals surface area contributed by atoms with Gasteiger partial charge in [-0.2, -0.15) is 0 Å². The van der Waals surface area contributed by atoms with Crippen molar-refractivity contribution in [2.45, 2.75) is 32.6 Å². The molecule has 2 aliphatic heterocycles. The number of amides is 2. The molecule has 2 fully saturated rings. The molecule has 30 heavy (non-hydrogen) atoms. The van der Waals surface area contributed by atoms with Crippen LogP contribution in [0.5, 0.6) is 5.75 Å². The first-order chi connectivity index (χ1) is 14.6. The molecule has 158 valence electrons. The summed E-state index contributed by atoms with van der Waals surface area (Å²) in [5.74, 6) is 1.21. The van der Waals surface area contributed by atoms with E-state index >= 15 is 0 Å². The van der Waals surface area contributed by atoms with Gasteiger partial charge in [-0.3, -0.25) is 9.59 Å². The molecule has 5 heteroatoms. The first-order valence-corrected chi connectivity index (χ1v) is 11.0. The Balaban J connectivity index is 1.34. The highest BCUT2D eigenvalue weighted by molar-refractivity contribution is 5.95. The fourth-order valence-electron chi connectivity index (χ4n) is 4.38. The fraction of sp³-hybridized carbons (Fsp3) is 0.440. The van der Waals surface area contributed by atoms with Crippen molar-refractivity contribution in [3.8, 4) is 5.75 Å². The minimum Gasteiger partial charge on any atom is -0.493 e. The maximum Gasteiger partial charge on any atom is 0.253 e. The number of carbonyl (C=O) groups is 2. The SMILES string of the molecule is Cc1cccc(C(=O)N2CCCC(COc3cccc(C(=O)N4CCCC4)c3)C2)c1. The second kappa shape index (κ2) is 9.33. The summed E-state index contributed by atoms with van der Waals surface area (Å²) in [6.45, 7) is 5.75. The van der Waals surface area contributed by atoms with Crippen LogP contribution in [0.15, 0.2) is 48.5 Å². The van der Waals surface area contributed by atoms with Gasteiger partial charge in [0, 0.05) is 43.2 Å². The predicted octanol–water partition coefficient (Wildman–Crippen LogP) is 4.16. The number of piperidine rings is 1. The largest absolute Gasteiger partial charge is 0.493 e. The predicted molar refractivity (Wildman–Crippen MR) is 117 cm³/mol. The zero-order valence-corrected chi connectivity index (χ0v) is 17.7. The summed E-state index contributed by atoms with van der Waals surface area (Å²) < 4.78 is 6.04. The number of ether oxygens (including phenoxy) is 1. The summed E-state index contributed by atoms with van der Waals surface area (Å²) in [5.41, 5.74) is 2.54. The van der Waals surface area contributed by atoms with Crippen LogP contribution in [0, 0.1) is 12.8 Å². The quantitative estimate of drug-likeness (QED) is 0.749. The summed E-state index contributed by atoms with van der Waals surface area (Å²) in [5, 5.41) is 0. The topological polar surface area (TPSA) is 49.9 Å². The van der Waals surface area contributed by atoms with Gasteiger partial charge in [-0.1, -0.05) is 23.8 Å². The smallest absolute Gasteiger partial charge is 0.253 e. The lowest BCUT2D eigenvalue weighted by Crippen LogP contribution is -2.41. The van der Waals surface area contributed by atoms with E-state index in [4.69, 9.17) is 4.74 Å². The van der Waals surface area contributed by atoms with Gasteiger partial charge in [-0.15, -0.1) is 0 Å². The third-order valence-corrected chi connectivity index (χ3v) is 6.03. The molecule has 2 aliphatic rings. The lowest BCUT2D eigenvalue weighted by atomic mass is 9.98. The van der Waals surface area contributed by atoms with Crippen LogP contribution >= 0.6 is 0 Å². The highest BCUT2D eigenvalue weighted by Crippen LogP contribution is 2.22. The first-order valence-electron chi connectivity index (χ1n) is 11.0. The molecule has 0 spiro atoms. The number of benzene rings is 2. The van der Waals surface area contributed by atoms with E-state index in [-0.39, 0.29) is 11.8 Å². The van der Waals surface area contributed by atoms with Crippen molar-refractivity contribution in [1.29, 1.82) is 0 Å². The molecular weight excluding hydrogens is 376 g/mol. The molecule has 2 saturated heterocycles. The normalized spacial score (nSPS) is 19.0. The summed E-state index contributed by atoms with van der Waals surface area (Å²) in [7, 11) is 0. The minimum absolute atomic E-state index is 0.0885. The number of hydrogen-bond acceptors (Lipinski definition) is 3. The Morgan fingerprint density at radius 3 is 2.33 bits per heavy atom. The molecule has 5 nitrogen and oxygen atoms in total. The number of nitrogens with zero attached hydrogens (tertiary/aromatic N) is 2. The number of aryl methyl sites for hydroxylation is 1. The molecule has 4 rings (SSSR count). The van der Waals surface area contributed by atoms with E-state index in [1.807, 2.05) is 65.3 Å². The third kappa shape index (κ3) is 4.84. The fourth-order valence-corrected chi connectivity index (χ4v) is 4.38. The van der Waals surface area contributed by atoms with E-state index in [2.05, 4.69) is 0 Å². The maximum atomic E-state index is 12.9. The lowest BCUT2D eigenvalue weighted by molar-refractivity contribution is 0.0632. The summed E-state index contributed by atoms with van der Waals surface area (Å²) in [4.78, 5) is 29.3. The maximum absolute atomic E-state index is 12.9. The molecule has 2 aromatic rings. The molecule has 2 heterocycles. The molecule has 0 N–H and O–H groups in total. The van der Waals surface area contributed by atoms with Crippen LogP contribution in [0.4, 0.5) is 0 Å². The molecule has 2 amide bonds. The van der Waals surface area contributed by atoms with Gasteiger partial charge in [0.15, 0.2) is 0 Å². The molecule has 0 aliphatic carbocycles. The molecule has 0 saturated carbocycles. The van der Waals surface area contributed by atoms with Crippen LogP contribution in [-0.4, -0.2) is 54.4 Å². The average Bonchev–Trinajstić information content (AvgIpc) is 3.32. The van der Waals surface area contributed by atoms with Crippen LogP contribution < -0.4 is 4.74 Å². The van der Waals surface area contributed by atoms with Gasteiger partial charge in [0.2, 0.25) is 0 Å². The average molecular weight is 407 g/mol. The standard InChI is InChI=1S/C25H30N2O3/c1-19-7-4-9-21(15-19)25(29)27-14-6-8-20(17-27)18-30-23-11-5-10-22(16-23)24(28)26-12-2-3-13-26/h4-5,7,9-11,15-16,20H,2-3,6,8,12-14,17-18H2,1H3. The molecule has 0 aromatic heterocycles. The Bertz CT molecular complexity index is 905. The van der Waals surface area contributed by atoms with Crippen LogP contribution in [0.3, 0.4) is 0 Å². The number of rotatable bonds is 5. The Hall–Kier alpha value is -2.82. The van der Waals surface area contributed by atoms with Crippen LogP contribution in [0.2, 0.25) is 0 Å². The summed E-state index contributed by atoms with van der Waals surface area (Å²) in [6, 6.07) is 15.3. The molecular formula is C25H30N2O3. The van der Waals surface area contributed by atoms with Gasteiger partial charge in [0.05, 0.1) is 6.61 Å². The molecule has 0 radical (unpaired) electrons. The highest BCUT2D eigenvalue weighted by Gasteiger charge is 2.25. The summed E-state index contributed by atoms with van der Waals surface area (Å²) >= 11 is 0. The van der Waals surface area contributed by atoms with Crippen LogP contribution in [-0.2, 0) is 0 Å². The van der Waals surface area contributed by atoms with Crippen molar-refractivity contribution in [3.63, 3.8) is 0 Å². The number of carbonyl (C=O) groups excluding carboxylic acids is 2. The van der Waals surface area contributed by atoms with E-state index in [1.165, 1.54) is 0 Å². The lowest BCUT2D eigenvalue weighted by Gasteiger charge is -2.32.